The van der Waals surface area contributed by atoms with Crippen LogP contribution in [-0.2, 0) is 0 Å². The minimum Gasteiger partial charge on any atom is -0.382 e. The molecule has 19 heavy (non-hydrogen) atoms. The van der Waals surface area contributed by atoms with Gasteiger partial charge in [0, 0.05) is 0 Å². The van der Waals surface area contributed by atoms with Gasteiger partial charge in [0.05, 0.1) is 17.4 Å². The molecule has 0 saturated carbocycles. The first kappa shape index (κ1) is 12.2. The molecule has 1 N–H and O–H groups in total. The fourth-order valence-corrected chi connectivity index (χ4v) is 2.33. The summed E-state index contributed by atoms with van der Waals surface area (Å²) in [6.45, 7) is 0. The van der Waals surface area contributed by atoms with Crippen molar-refractivity contribution in [3.05, 3.63) is 59.9 Å². The summed E-state index contributed by atoms with van der Waals surface area (Å²) in [5.74, 6) is 0. The van der Waals surface area contributed by atoms with Crippen LogP contribution in [0.3, 0.4) is 0 Å². The molecule has 2 aromatic heterocycles. The van der Waals surface area contributed by atoms with E-state index in [-0.39, 0.29) is 0 Å². The number of rotatable bonds is 3. The minimum absolute atomic E-state index is 0.685. The molecule has 2 heterocycles. The van der Waals surface area contributed by atoms with Gasteiger partial charge in [0.1, 0.15) is 6.10 Å². The highest BCUT2D eigenvalue weighted by Crippen LogP contribution is 2.23. The normalized spacial score (nSPS) is 12.7. The number of nitrogens with zero attached hydrogens (tertiary/aromatic N) is 3. The standard InChI is InChI=1S/C14H13N3OS/c1-19-14-15-9-11-7-8-12(17(11)16-14)13(18)10-5-3-2-4-6-10/h2-9,13,18H,1H3. The average Bonchev–Trinajstić information content (AvgIpc) is 2.90. The van der Waals surface area contributed by atoms with Crippen LogP contribution in [0, 0.1) is 0 Å². The zero-order valence-electron chi connectivity index (χ0n) is 10.4. The van der Waals surface area contributed by atoms with Crippen molar-refractivity contribution in [2.24, 2.45) is 0 Å². The summed E-state index contributed by atoms with van der Waals surface area (Å²) < 4.78 is 1.75. The number of hydrogen-bond acceptors (Lipinski definition) is 4. The summed E-state index contributed by atoms with van der Waals surface area (Å²) in [6, 6.07) is 13.4. The van der Waals surface area contributed by atoms with Crippen molar-refractivity contribution in [3.8, 4) is 0 Å². The minimum atomic E-state index is -0.687. The Hall–Kier alpha value is -1.85. The molecule has 1 unspecified atom stereocenters. The number of benzene rings is 1. The molecule has 0 fully saturated rings. The molecule has 0 bridgehead atoms. The van der Waals surface area contributed by atoms with Crippen LogP contribution in [0.15, 0.2) is 53.8 Å². The first-order valence-electron chi connectivity index (χ1n) is 5.91. The zero-order chi connectivity index (χ0) is 13.2. The van der Waals surface area contributed by atoms with E-state index in [2.05, 4.69) is 10.1 Å². The molecule has 1 atom stereocenters. The molecule has 3 aromatic rings. The monoisotopic (exact) mass is 271 g/mol. The van der Waals surface area contributed by atoms with Gasteiger partial charge in [-0.1, -0.05) is 42.1 Å². The van der Waals surface area contributed by atoms with Crippen molar-refractivity contribution >= 4 is 17.3 Å². The molecule has 0 aliphatic heterocycles. The number of fused-ring (bicyclic) bond motifs is 1. The van der Waals surface area contributed by atoms with E-state index in [9.17, 15) is 5.11 Å². The summed E-state index contributed by atoms with van der Waals surface area (Å²) in [5.41, 5.74) is 2.48. The molecule has 0 spiro atoms. The number of aliphatic hydroxyl groups excluding tert-OH is 1. The number of aliphatic hydroxyl groups is 1. The zero-order valence-corrected chi connectivity index (χ0v) is 11.2. The van der Waals surface area contributed by atoms with E-state index < -0.39 is 6.10 Å². The maximum Gasteiger partial charge on any atom is 0.207 e. The predicted octanol–water partition coefficient (Wildman–Crippen LogP) is 2.53. The molecule has 96 valence electrons. The summed E-state index contributed by atoms with van der Waals surface area (Å²) in [5, 5.41) is 15.5. The average molecular weight is 271 g/mol. The van der Waals surface area contributed by atoms with Crippen LogP contribution in [0.2, 0.25) is 0 Å². The second kappa shape index (κ2) is 5.03. The summed E-state index contributed by atoms with van der Waals surface area (Å²) in [4.78, 5) is 4.22. The van der Waals surface area contributed by atoms with Gasteiger partial charge in [-0.15, -0.1) is 5.10 Å². The maximum atomic E-state index is 10.5. The topological polar surface area (TPSA) is 50.4 Å². The Morgan fingerprint density at radius 2 is 1.95 bits per heavy atom. The molecule has 0 amide bonds. The van der Waals surface area contributed by atoms with Crippen LogP contribution < -0.4 is 0 Å². The van der Waals surface area contributed by atoms with E-state index in [0.717, 1.165) is 16.8 Å². The van der Waals surface area contributed by atoms with E-state index in [1.165, 1.54) is 11.8 Å². The Bertz CT molecular complexity index is 696. The predicted molar refractivity (Wildman–Crippen MR) is 75.3 cm³/mol. The van der Waals surface area contributed by atoms with Crippen LogP contribution in [0.25, 0.3) is 5.52 Å². The van der Waals surface area contributed by atoms with E-state index >= 15 is 0 Å². The van der Waals surface area contributed by atoms with Gasteiger partial charge >= 0.3 is 0 Å². The molecule has 0 radical (unpaired) electrons. The first-order valence-corrected chi connectivity index (χ1v) is 7.14. The quantitative estimate of drug-likeness (QED) is 0.744. The van der Waals surface area contributed by atoms with Crippen molar-refractivity contribution in [2.75, 3.05) is 6.26 Å². The summed E-state index contributed by atoms with van der Waals surface area (Å²) >= 11 is 1.48. The molecular weight excluding hydrogens is 258 g/mol. The van der Waals surface area contributed by atoms with Crippen molar-refractivity contribution in [3.63, 3.8) is 0 Å². The number of aromatic nitrogens is 3. The second-order valence-electron chi connectivity index (χ2n) is 4.15. The van der Waals surface area contributed by atoms with E-state index in [4.69, 9.17) is 0 Å². The van der Waals surface area contributed by atoms with Gasteiger partial charge in [0.15, 0.2) is 0 Å². The molecule has 4 nitrogen and oxygen atoms in total. The highest BCUT2D eigenvalue weighted by atomic mass is 32.2. The smallest absolute Gasteiger partial charge is 0.207 e. The van der Waals surface area contributed by atoms with E-state index in [1.807, 2.05) is 48.7 Å². The van der Waals surface area contributed by atoms with Crippen molar-refractivity contribution < 1.29 is 5.11 Å². The third kappa shape index (κ3) is 2.22. The molecule has 3 rings (SSSR count). The first-order chi connectivity index (χ1) is 9.29. The Kier molecular flexibility index (Phi) is 3.23. The van der Waals surface area contributed by atoms with Crippen molar-refractivity contribution in [2.45, 2.75) is 11.3 Å². The number of thioether (sulfide) groups is 1. The van der Waals surface area contributed by atoms with Gasteiger partial charge in [-0.05, 0) is 24.0 Å². The van der Waals surface area contributed by atoms with Crippen LogP contribution in [-0.4, -0.2) is 26.0 Å². The lowest BCUT2D eigenvalue weighted by molar-refractivity contribution is 0.212. The van der Waals surface area contributed by atoms with Gasteiger partial charge in [0.2, 0.25) is 5.16 Å². The Labute approximate surface area is 115 Å². The van der Waals surface area contributed by atoms with Gasteiger partial charge in [0.25, 0.3) is 0 Å². The second-order valence-corrected chi connectivity index (χ2v) is 4.93. The van der Waals surface area contributed by atoms with Gasteiger partial charge in [-0.25, -0.2) is 9.50 Å². The fraction of sp³-hybridized carbons (Fsp3) is 0.143. The van der Waals surface area contributed by atoms with Gasteiger partial charge in [-0.3, -0.25) is 0 Å². The Balaban J connectivity index is 2.09. The van der Waals surface area contributed by atoms with Crippen LogP contribution in [0.5, 0.6) is 0 Å². The lowest BCUT2D eigenvalue weighted by Crippen LogP contribution is -2.06. The van der Waals surface area contributed by atoms with Crippen LogP contribution >= 0.6 is 11.8 Å². The van der Waals surface area contributed by atoms with E-state index in [1.54, 1.807) is 10.7 Å². The summed E-state index contributed by atoms with van der Waals surface area (Å²) in [6.07, 6.45) is 3.01. The lowest BCUT2D eigenvalue weighted by Gasteiger charge is -2.11. The molecule has 1 aromatic carbocycles. The van der Waals surface area contributed by atoms with Crippen molar-refractivity contribution in [1.29, 1.82) is 0 Å². The van der Waals surface area contributed by atoms with Crippen molar-refractivity contribution in [1.82, 2.24) is 14.6 Å². The summed E-state index contributed by atoms with van der Waals surface area (Å²) in [7, 11) is 0. The molecule has 0 aliphatic carbocycles. The van der Waals surface area contributed by atoms with Gasteiger partial charge < -0.3 is 5.11 Å². The fourth-order valence-electron chi connectivity index (χ4n) is 2.01. The highest BCUT2D eigenvalue weighted by molar-refractivity contribution is 7.98. The third-order valence-corrected chi connectivity index (χ3v) is 3.54. The largest absolute Gasteiger partial charge is 0.382 e. The Morgan fingerprint density at radius 1 is 1.16 bits per heavy atom. The molecule has 0 aliphatic rings. The maximum absolute atomic E-state index is 10.5. The molecule has 0 saturated heterocycles. The van der Waals surface area contributed by atoms with Crippen LogP contribution in [0.4, 0.5) is 0 Å². The highest BCUT2D eigenvalue weighted by Gasteiger charge is 2.15. The van der Waals surface area contributed by atoms with Crippen LogP contribution in [0.1, 0.15) is 17.4 Å². The lowest BCUT2D eigenvalue weighted by atomic mass is 10.1. The Morgan fingerprint density at radius 3 is 2.68 bits per heavy atom. The SMILES string of the molecule is CSc1ncc2ccc(C(O)c3ccccc3)n2n1. The molecule has 5 heteroatoms. The number of hydrogen-bond donors (Lipinski definition) is 1. The van der Waals surface area contributed by atoms with E-state index in [0.29, 0.717) is 5.16 Å². The van der Waals surface area contributed by atoms with Gasteiger partial charge in [-0.2, -0.15) is 0 Å². The molecular formula is C14H13N3OS. The third-order valence-electron chi connectivity index (χ3n) is 2.98.